The molecule has 0 atom stereocenters. The van der Waals surface area contributed by atoms with E-state index in [1.807, 2.05) is 0 Å². The molecule has 1 nitrogen and oxygen atoms in total. The summed E-state index contributed by atoms with van der Waals surface area (Å²) in [6.07, 6.45) is 0.970. The lowest BCUT2D eigenvalue weighted by Gasteiger charge is -2.13. The molecule has 1 aliphatic rings. The number of benzene rings is 6. The van der Waals surface area contributed by atoms with E-state index in [-0.39, 0.29) is 0 Å². The van der Waals surface area contributed by atoms with Gasteiger partial charge in [-0.25, -0.2) is 0 Å². The molecular formula is C37H25N. The van der Waals surface area contributed by atoms with Crippen LogP contribution in [0.25, 0.3) is 60.9 Å². The van der Waals surface area contributed by atoms with Gasteiger partial charge in [-0.05, 0) is 68.8 Å². The molecule has 1 aromatic heterocycles. The summed E-state index contributed by atoms with van der Waals surface area (Å²) in [5.74, 6) is 0. The first kappa shape index (κ1) is 21.2. The van der Waals surface area contributed by atoms with Gasteiger partial charge < -0.3 is 4.57 Å². The predicted molar refractivity (Wildman–Crippen MR) is 160 cm³/mol. The van der Waals surface area contributed by atoms with E-state index in [1.165, 1.54) is 72.0 Å². The summed E-state index contributed by atoms with van der Waals surface area (Å²) in [5, 5.41) is 2.63. The second kappa shape index (κ2) is 8.33. The highest BCUT2D eigenvalue weighted by Gasteiger charge is 2.24. The van der Waals surface area contributed by atoms with Crippen molar-refractivity contribution in [1.29, 1.82) is 0 Å². The van der Waals surface area contributed by atoms with Crippen LogP contribution in [0.1, 0.15) is 11.1 Å². The van der Waals surface area contributed by atoms with Crippen LogP contribution < -0.4 is 0 Å². The summed E-state index contributed by atoms with van der Waals surface area (Å²) >= 11 is 0. The van der Waals surface area contributed by atoms with Crippen molar-refractivity contribution in [2.45, 2.75) is 6.42 Å². The summed E-state index contributed by atoms with van der Waals surface area (Å²) in [5.41, 5.74) is 14.3. The van der Waals surface area contributed by atoms with E-state index in [2.05, 4.69) is 144 Å². The fraction of sp³-hybridized carbons (Fsp3) is 0.0270. The number of hydrogen-bond donors (Lipinski definition) is 0. The van der Waals surface area contributed by atoms with Gasteiger partial charge in [0.05, 0.1) is 11.0 Å². The fourth-order valence-electron chi connectivity index (χ4n) is 6.29. The first-order valence-electron chi connectivity index (χ1n) is 13.2. The Kier molecular flexibility index (Phi) is 4.65. The molecule has 0 N–H and O–H groups in total. The highest BCUT2D eigenvalue weighted by molar-refractivity contribution is 6.12. The van der Waals surface area contributed by atoms with Gasteiger partial charge >= 0.3 is 0 Å². The van der Waals surface area contributed by atoms with E-state index < -0.39 is 0 Å². The summed E-state index contributed by atoms with van der Waals surface area (Å²) < 4.78 is 2.49. The van der Waals surface area contributed by atoms with Crippen LogP contribution in [0, 0.1) is 0 Å². The zero-order valence-corrected chi connectivity index (χ0v) is 20.9. The van der Waals surface area contributed by atoms with Crippen LogP contribution in [0.5, 0.6) is 0 Å². The lowest BCUT2D eigenvalue weighted by atomic mass is 9.99. The van der Waals surface area contributed by atoms with Gasteiger partial charge in [0, 0.05) is 22.9 Å². The molecular weight excluding hydrogens is 458 g/mol. The lowest BCUT2D eigenvalue weighted by molar-refractivity contribution is 1.15. The van der Waals surface area contributed by atoms with Gasteiger partial charge in [0.2, 0.25) is 0 Å². The van der Waals surface area contributed by atoms with Crippen molar-refractivity contribution in [3.05, 3.63) is 151 Å². The van der Waals surface area contributed by atoms with Crippen molar-refractivity contribution >= 4 is 21.8 Å². The first-order valence-corrected chi connectivity index (χ1v) is 13.2. The number of para-hydroxylation sites is 1. The molecule has 8 rings (SSSR count). The Bertz CT molecular complexity index is 1990. The molecule has 0 unspecified atom stereocenters. The van der Waals surface area contributed by atoms with Crippen molar-refractivity contribution < 1.29 is 0 Å². The number of rotatable bonds is 3. The molecule has 1 heteroatoms. The Balaban J connectivity index is 1.35. The van der Waals surface area contributed by atoms with E-state index in [9.17, 15) is 0 Å². The van der Waals surface area contributed by atoms with Crippen molar-refractivity contribution in [3.8, 4) is 39.1 Å². The summed E-state index contributed by atoms with van der Waals surface area (Å²) in [7, 11) is 0. The monoisotopic (exact) mass is 483 g/mol. The number of nitrogens with zero attached hydrogens (tertiary/aromatic N) is 1. The zero-order valence-electron chi connectivity index (χ0n) is 20.9. The maximum atomic E-state index is 2.49. The minimum absolute atomic E-state index is 0.970. The lowest BCUT2D eigenvalue weighted by Crippen LogP contribution is -1.97. The molecule has 1 aliphatic carbocycles. The van der Waals surface area contributed by atoms with Gasteiger partial charge in [-0.15, -0.1) is 0 Å². The van der Waals surface area contributed by atoms with Gasteiger partial charge in [-0.1, -0.05) is 115 Å². The molecule has 7 aromatic rings. The van der Waals surface area contributed by atoms with Gasteiger partial charge in [0.1, 0.15) is 0 Å². The quantitative estimate of drug-likeness (QED) is 0.236. The maximum absolute atomic E-state index is 2.49. The Morgan fingerprint density at radius 2 is 1.13 bits per heavy atom. The average Bonchev–Trinajstić information content (AvgIpc) is 3.54. The van der Waals surface area contributed by atoms with Gasteiger partial charge in [0.15, 0.2) is 0 Å². The SMILES string of the molecule is c1ccc(-c2cccc(-c3cccc(-n4c5ccccc5c5ccc6c(c54)Cc4ccccc4-6)c3)c2)cc1. The Morgan fingerprint density at radius 1 is 0.447 bits per heavy atom. The molecule has 178 valence electrons. The molecule has 6 aromatic carbocycles. The average molecular weight is 484 g/mol. The predicted octanol–water partition coefficient (Wildman–Crippen LogP) is 9.69. The van der Waals surface area contributed by atoms with Crippen molar-refractivity contribution in [2.24, 2.45) is 0 Å². The summed E-state index contributed by atoms with van der Waals surface area (Å²) in [6, 6.07) is 50.8. The molecule has 38 heavy (non-hydrogen) atoms. The highest BCUT2D eigenvalue weighted by atomic mass is 15.0. The van der Waals surface area contributed by atoms with Crippen LogP contribution >= 0.6 is 0 Å². The van der Waals surface area contributed by atoms with Gasteiger partial charge in [-0.3, -0.25) is 0 Å². The van der Waals surface area contributed by atoms with Crippen molar-refractivity contribution in [2.75, 3.05) is 0 Å². The van der Waals surface area contributed by atoms with E-state index in [0.29, 0.717) is 0 Å². The smallest absolute Gasteiger partial charge is 0.0582 e. The molecule has 0 aliphatic heterocycles. The fourth-order valence-corrected chi connectivity index (χ4v) is 6.29. The van der Waals surface area contributed by atoms with Crippen molar-refractivity contribution in [3.63, 3.8) is 0 Å². The number of hydrogen-bond acceptors (Lipinski definition) is 0. The third-order valence-corrected chi connectivity index (χ3v) is 8.02. The second-order valence-electron chi connectivity index (χ2n) is 10.2. The van der Waals surface area contributed by atoms with E-state index >= 15 is 0 Å². The normalized spacial score (nSPS) is 12.1. The number of aromatic nitrogens is 1. The van der Waals surface area contributed by atoms with Crippen LogP contribution in [-0.2, 0) is 6.42 Å². The van der Waals surface area contributed by atoms with E-state index in [1.54, 1.807) is 0 Å². The van der Waals surface area contributed by atoms with Crippen molar-refractivity contribution in [1.82, 2.24) is 4.57 Å². The first-order chi connectivity index (χ1) is 18.8. The van der Waals surface area contributed by atoms with Crippen LogP contribution in [-0.4, -0.2) is 4.57 Å². The molecule has 0 radical (unpaired) electrons. The van der Waals surface area contributed by atoms with E-state index in [4.69, 9.17) is 0 Å². The second-order valence-corrected chi connectivity index (χ2v) is 10.2. The van der Waals surface area contributed by atoms with Gasteiger partial charge in [0.25, 0.3) is 0 Å². The topological polar surface area (TPSA) is 4.93 Å². The van der Waals surface area contributed by atoms with Crippen LogP contribution in [0.2, 0.25) is 0 Å². The molecule has 0 amide bonds. The maximum Gasteiger partial charge on any atom is 0.0582 e. The minimum atomic E-state index is 0.970. The minimum Gasteiger partial charge on any atom is -0.309 e. The molecule has 0 bridgehead atoms. The molecule has 0 fully saturated rings. The Hall–Kier alpha value is -4.88. The van der Waals surface area contributed by atoms with E-state index in [0.717, 1.165) is 6.42 Å². The summed E-state index contributed by atoms with van der Waals surface area (Å²) in [6.45, 7) is 0. The summed E-state index contributed by atoms with van der Waals surface area (Å²) in [4.78, 5) is 0. The molecule has 0 spiro atoms. The Labute approximate surface area is 222 Å². The van der Waals surface area contributed by atoms with Crippen LogP contribution in [0.15, 0.2) is 140 Å². The number of fused-ring (bicyclic) bond motifs is 7. The largest absolute Gasteiger partial charge is 0.309 e. The highest BCUT2D eigenvalue weighted by Crippen LogP contribution is 2.44. The van der Waals surface area contributed by atoms with Crippen LogP contribution in [0.4, 0.5) is 0 Å². The molecule has 1 heterocycles. The van der Waals surface area contributed by atoms with Crippen LogP contribution in [0.3, 0.4) is 0 Å². The third kappa shape index (κ3) is 3.19. The zero-order chi connectivity index (χ0) is 25.1. The third-order valence-electron chi connectivity index (χ3n) is 8.02. The molecule has 0 saturated heterocycles. The molecule has 0 saturated carbocycles. The Morgan fingerprint density at radius 3 is 2.03 bits per heavy atom. The van der Waals surface area contributed by atoms with Gasteiger partial charge in [-0.2, -0.15) is 0 Å². The standard InChI is InChI=1S/C37H25N/c1-2-10-25(11-3-1)26-13-8-14-27(22-26)28-15-9-16-30(23-28)38-36-19-7-6-18-33(36)34-21-20-32-31-17-5-4-12-29(31)24-35(32)37(34)38/h1-23H,24H2.